The molecule has 0 aromatic heterocycles. The van der Waals surface area contributed by atoms with Gasteiger partial charge in [0.25, 0.3) is 10.5 Å². The lowest BCUT2D eigenvalue weighted by atomic mass is 10.3. The average molecular weight is 605 g/mol. The zero-order valence-electron chi connectivity index (χ0n) is 23.4. The molecule has 0 saturated carbocycles. The van der Waals surface area contributed by atoms with Gasteiger partial charge in [0.15, 0.2) is 0 Å². The molecular formula is C26H48N6O2S4. The van der Waals surface area contributed by atoms with E-state index in [2.05, 4.69) is 33.7 Å². The highest BCUT2D eigenvalue weighted by Crippen LogP contribution is 2.36. The lowest BCUT2D eigenvalue weighted by molar-refractivity contribution is 0.156. The van der Waals surface area contributed by atoms with Gasteiger partial charge in [-0.3, -0.25) is 19.4 Å². The van der Waals surface area contributed by atoms with Crippen molar-refractivity contribution in [3.63, 3.8) is 0 Å². The standard InChI is InChI=1S/C26H48N6O2S4/c1-27-11-15-29(16-12-27)19-23(21-35-25(33)31-7-3-4-8-31)37-38-24(20-30-17-13-28(2)14-18-30)22-36-26(34)32-9-5-6-10-32/h23-24H,3-22H2,1-2H3. The second kappa shape index (κ2) is 16.6. The van der Waals surface area contributed by atoms with Crippen LogP contribution in [0.4, 0.5) is 9.59 Å². The van der Waals surface area contributed by atoms with Gasteiger partial charge in [0.05, 0.1) is 0 Å². The zero-order valence-corrected chi connectivity index (χ0v) is 26.7. The van der Waals surface area contributed by atoms with Gasteiger partial charge in [-0.2, -0.15) is 0 Å². The molecule has 0 spiro atoms. The second-order valence-corrected chi connectivity index (χ2v) is 16.0. The first kappa shape index (κ1) is 31.1. The zero-order chi connectivity index (χ0) is 26.7. The van der Waals surface area contributed by atoms with Gasteiger partial charge in [-0.25, -0.2) is 0 Å². The SMILES string of the molecule is CN1CCN(CC(CSC(=O)N2CCCC2)SSC(CSC(=O)N2CCCC2)CN2CCN(C)CC2)CC1. The van der Waals surface area contributed by atoms with Crippen LogP contribution in [0.15, 0.2) is 0 Å². The molecule has 4 fully saturated rings. The van der Waals surface area contributed by atoms with E-state index >= 15 is 0 Å². The number of likely N-dealkylation sites (tertiary alicyclic amines) is 2. The van der Waals surface area contributed by atoms with Crippen LogP contribution < -0.4 is 0 Å². The minimum absolute atomic E-state index is 0.261. The van der Waals surface area contributed by atoms with Crippen molar-refractivity contribution < 1.29 is 9.59 Å². The Labute approximate surface area is 247 Å². The molecule has 2 amide bonds. The number of nitrogens with zero attached hydrogens (tertiary/aromatic N) is 6. The Hall–Kier alpha value is 0.180. The van der Waals surface area contributed by atoms with Crippen molar-refractivity contribution in [3.8, 4) is 0 Å². The van der Waals surface area contributed by atoms with E-state index in [0.717, 1.165) is 129 Å². The maximum Gasteiger partial charge on any atom is 0.281 e. The molecule has 2 atom stereocenters. The predicted octanol–water partition coefficient (Wildman–Crippen LogP) is 3.50. The lowest BCUT2D eigenvalue weighted by Gasteiger charge is -2.36. The fraction of sp³-hybridized carbons (Fsp3) is 0.923. The molecule has 4 aliphatic rings. The molecule has 4 rings (SSSR count). The molecule has 0 bridgehead atoms. The third-order valence-electron chi connectivity index (χ3n) is 7.96. The van der Waals surface area contributed by atoms with Gasteiger partial charge >= 0.3 is 0 Å². The van der Waals surface area contributed by atoms with E-state index in [4.69, 9.17) is 0 Å². The quantitative estimate of drug-likeness (QED) is 0.328. The van der Waals surface area contributed by atoms with E-state index in [-0.39, 0.29) is 10.5 Å². The first-order valence-electron chi connectivity index (χ1n) is 14.4. The normalized spacial score (nSPS) is 24.3. The molecular weight excluding hydrogens is 557 g/mol. The van der Waals surface area contributed by atoms with Crippen LogP contribution in [-0.2, 0) is 0 Å². The topological polar surface area (TPSA) is 53.6 Å². The molecule has 4 aliphatic heterocycles. The molecule has 0 aliphatic carbocycles. The van der Waals surface area contributed by atoms with Crippen LogP contribution in [0.2, 0.25) is 0 Å². The number of piperazine rings is 2. The third kappa shape index (κ3) is 10.5. The number of likely N-dealkylation sites (N-methyl/N-ethyl adjacent to an activating group) is 2. The van der Waals surface area contributed by atoms with E-state index < -0.39 is 0 Å². The minimum atomic E-state index is 0.261. The molecule has 0 aromatic rings. The van der Waals surface area contributed by atoms with E-state index in [1.54, 1.807) is 0 Å². The number of carbonyl (C=O) groups is 2. The molecule has 38 heavy (non-hydrogen) atoms. The number of thioether (sulfide) groups is 2. The Bertz CT molecular complexity index is 665. The number of hydrogen-bond donors (Lipinski definition) is 0. The lowest BCUT2D eigenvalue weighted by Crippen LogP contribution is -2.47. The molecule has 0 radical (unpaired) electrons. The molecule has 8 nitrogen and oxygen atoms in total. The van der Waals surface area contributed by atoms with Gasteiger partial charge in [0.2, 0.25) is 0 Å². The highest BCUT2D eigenvalue weighted by atomic mass is 33.1. The van der Waals surface area contributed by atoms with Crippen molar-refractivity contribution in [2.24, 2.45) is 0 Å². The number of hydrogen-bond acceptors (Lipinski definition) is 10. The number of amides is 2. The van der Waals surface area contributed by atoms with E-state index in [9.17, 15) is 9.59 Å². The first-order valence-corrected chi connectivity index (χ1v) is 18.7. The van der Waals surface area contributed by atoms with E-state index in [1.807, 2.05) is 31.4 Å². The Morgan fingerprint density at radius 3 is 1.24 bits per heavy atom. The maximum atomic E-state index is 12.8. The number of rotatable bonds is 11. The van der Waals surface area contributed by atoms with Gasteiger partial charge in [-0.1, -0.05) is 45.1 Å². The van der Waals surface area contributed by atoms with Crippen molar-refractivity contribution in [3.05, 3.63) is 0 Å². The van der Waals surface area contributed by atoms with Crippen LogP contribution in [0.3, 0.4) is 0 Å². The second-order valence-electron chi connectivity index (χ2n) is 11.2. The van der Waals surface area contributed by atoms with E-state index in [1.165, 1.54) is 23.5 Å². The largest absolute Gasteiger partial charge is 0.334 e. The molecule has 4 heterocycles. The van der Waals surface area contributed by atoms with Crippen LogP contribution in [0.25, 0.3) is 0 Å². The summed E-state index contributed by atoms with van der Waals surface area (Å²) in [5.41, 5.74) is 0. The van der Waals surface area contributed by atoms with Crippen molar-refractivity contribution >= 4 is 55.6 Å². The van der Waals surface area contributed by atoms with Crippen LogP contribution in [-0.4, -0.2) is 168 Å². The Morgan fingerprint density at radius 2 is 0.895 bits per heavy atom. The molecule has 0 aromatic carbocycles. The summed E-state index contributed by atoms with van der Waals surface area (Å²) in [6, 6.07) is 0. The predicted molar refractivity (Wildman–Crippen MR) is 168 cm³/mol. The minimum Gasteiger partial charge on any atom is -0.334 e. The van der Waals surface area contributed by atoms with Crippen molar-refractivity contribution in [2.75, 3.05) is 117 Å². The van der Waals surface area contributed by atoms with E-state index in [0.29, 0.717) is 10.5 Å². The Morgan fingerprint density at radius 1 is 0.553 bits per heavy atom. The average Bonchev–Trinajstić information content (AvgIpc) is 3.66. The summed E-state index contributed by atoms with van der Waals surface area (Å²) in [6.45, 7) is 14.6. The summed E-state index contributed by atoms with van der Waals surface area (Å²) in [7, 11) is 8.36. The van der Waals surface area contributed by atoms with Crippen LogP contribution in [0, 0.1) is 0 Å². The van der Waals surface area contributed by atoms with Crippen LogP contribution >= 0.6 is 45.1 Å². The maximum absolute atomic E-state index is 12.8. The summed E-state index contributed by atoms with van der Waals surface area (Å²) in [5, 5.41) is 1.32. The Balaban J connectivity index is 1.32. The summed E-state index contributed by atoms with van der Waals surface area (Å²) in [5.74, 6) is 1.72. The highest BCUT2D eigenvalue weighted by molar-refractivity contribution is 8.77. The highest BCUT2D eigenvalue weighted by Gasteiger charge is 2.27. The van der Waals surface area contributed by atoms with Gasteiger partial charge in [-0.15, -0.1) is 0 Å². The fourth-order valence-corrected chi connectivity index (χ4v) is 10.9. The smallest absolute Gasteiger partial charge is 0.281 e. The van der Waals surface area contributed by atoms with Gasteiger partial charge in [0, 0.05) is 114 Å². The van der Waals surface area contributed by atoms with Gasteiger partial charge in [-0.05, 0) is 39.8 Å². The summed E-state index contributed by atoms with van der Waals surface area (Å²) < 4.78 is 0. The molecule has 0 N–H and O–H groups in total. The molecule has 12 heteroatoms. The fourth-order valence-electron chi connectivity index (χ4n) is 5.33. The summed E-state index contributed by atoms with van der Waals surface area (Å²) in [6.07, 6.45) is 4.57. The number of carbonyl (C=O) groups excluding carboxylic acids is 2. The summed E-state index contributed by atoms with van der Waals surface area (Å²) in [4.78, 5) is 39.7. The Kier molecular flexibility index (Phi) is 13.6. The van der Waals surface area contributed by atoms with Crippen LogP contribution in [0.5, 0.6) is 0 Å². The molecule has 218 valence electrons. The summed E-state index contributed by atoms with van der Waals surface area (Å²) >= 11 is 3.05. The molecule has 4 saturated heterocycles. The van der Waals surface area contributed by atoms with Crippen LogP contribution in [0.1, 0.15) is 25.7 Å². The van der Waals surface area contributed by atoms with Crippen molar-refractivity contribution in [1.29, 1.82) is 0 Å². The first-order chi connectivity index (χ1) is 18.5. The third-order valence-corrected chi connectivity index (χ3v) is 13.8. The van der Waals surface area contributed by atoms with Crippen molar-refractivity contribution in [1.82, 2.24) is 29.4 Å². The monoisotopic (exact) mass is 604 g/mol. The van der Waals surface area contributed by atoms with Gasteiger partial charge in [0.1, 0.15) is 0 Å². The molecule has 2 unspecified atom stereocenters. The van der Waals surface area contributed by atoms with Gasteiger partial charge < -0.3 is 19.6 Å². The van der Waals surface area contributed by atoms with Crippen molar-refractivity contribution in [2.45, 2.75) is 36.2 Å².